The second kappa shape index (κ2) is 6.75. The van der Waals surface area contributed by atoms with Crippen molar-refractivity contribution in [2.75, 3.05) is 47.5 Å². The quantitative estimate of drug-likeness (QED) is 0.871. The van der Waals surface area contributed by atoms with E-state index < -0.39 is 0 Å². The molecule has 0 amide bonds. The summed E-state index contributed by atoms with van der Waals surface area (Å²) in [5, 5.41) is 3.43. The topological polar surface area (TPSA) is 43.0 Å². The average Bonchev–Trinajstić information content (AvgIpc) is 3.40. The van der Waals surface area contributed by atoms with Crippen LogP contribution >= 0.6 is 0 Å². The third-order valence-corrected chi connectivity index (χ3v) is 4.64. The van der Waals surface area contributed by atoms with Gasteiger partial charge in [-0.2, -0.15) is 0 Å². The summed E-state index contributed by atoms with van der Waals surface area (Å²) in [6, 6.07) is 4.69. The molecule has 1 atom stereocenters. The first-order valence-electron chi connectivity index (χ1n) is 8.03. The van der Waals surface area contributed by atoms with Gasteiger partial charge in [0.2, 0.25) is 5.75 Å². The SMILES string of the molecule is COc1cc([C@@H](C2CC2)N2CCNCC2)cc(OC)c1OC. The van der Waals surface area contributed by atoms with Crippen LogP contribution in [0, 0.1) is 5.92 Å². The van der Waals surface area contributed by atoms with Crippen LogP contribution in [0.2, 0.25) is 0 Å². The van der Waals surface area contributed by atoms with E-state index in [1.54, 1.807) is 21.3 Å². The molecule has 1 aliphatic heterocycles. The highest BCUT2D eigenvalue weighted by atomic mass is 16.5. The molecule has 2 fully saturated rings. The van der Waals surface area contributed by atoms with Crippen LogP contribution < -0.4 is 19.5 Å². The molecule has 0 unspecified atom stereocenters. The van der Waals surface area contributed by atoms with E-state index in [4.69, 9.17) is 14.2 Å². The normalized spacial score (nSPS) is 20.5. The maximum atomic E-state index is 5.52. The zero-order valence-corrected chi connectivity index (χ0v) is 13.7. The van der Waals surface area contributed by atoms with Crippen LogP contribution in [0.15, 0.2) is 12.1 Å². The first-order valence-corrected chi connectivity index (χ1v) is 8.03. The van der Waals surface area contributed by atoms with Gasteiger partial charge >= 0.3 is 0 Å². The van der Waals surface area contributed by atoms with E-state index in [9.17, 15) is 0 Å². The van der Waals surface area contributed by atoms with Crippen molar-refractivity contribution in [1.82, 2.24) is 10.2 Å². The molecule has 1 heterocycles. The number of ether oxygens (including phenoxy) is 3. The molecule has 22 heavy (non-hydrogen) atoms. The van der Waals surface area contributed by atoms with Crippen molar-refractivity contribution < 1.29 is 14.2 Å². The number of hydrogen-bond acceptors (Lipinski definition) is 5. The van der Waals surface area contributed by atoms with Gasteiger partial charge in [-0.15, -0.1) is 0 Å². The third-order valence-electron chi connectivity index (χ3n) is 4.64. The summed E-state index contributed by atoms with van der Waals surface area (Å²) in [5.41, 5.74) is 1.28. The molecular weight excluding hydrogens is 280 g/mol. The molecule has 5 nitrogen and oxygen atoms in total. The van der Waals surface area contributed by atoms with Crippen LogP contribution in [0.3, 0.4) is 0 Å². The van der Waals surface area contributed by atoms with E-state index in [-0.39, 0.29) is 0 Å². The Morgan fingerprint density at radius 2 is 1.59 bits per heavy atom. The zero-order valence-electron chi connectivity index (χ0n) is 13.7. The smallest absolute Gasteiger partial charge is 0.203 e. The van der Waals surface area contributed by atoms with E-state index in [1.807, 2.05) is 0 Å². The monoisotopic (exact) mass is 306 g/mol. The molecule has 1 N–H and O–H groups in total. The van der Waals surface area contributed by atoms with Gasteiger partial charge in [0.25, 0.3) is 0 Å². The number of rotatable bonds is 6. The molecule has 1 saturated carbocycles. The second-order valence-corrected chi connectivity index (χ2v) is 6.03. The predicted octanol–water partition coefficient (Wildman–Crippen LogP) is 2.07. The molecule has 0 aromatic heterocycles. The van der Waals surface area contributed by atoms with Gasteiger partial charge < -0.3 is 19.5 Å². The summed E-state index contributed by atoms with van der Waals surface area (Å²) in [4.78, 5) is 2.59. The van der Waals surface area contributed by atoms with Crippen molar-refractivity contribution in [3.63, 3.8) is 0 Å². The minimum Gasteiger partial charge on any atom is -0.493 e. The van der Waals surface area contributed by atoms with Gasteiger partial charge in [-0.05, 0) is 36.5 Å². The van der Waals surface area contributed by atoms with Crippen molar-refractivity contribution in [2.45, 2.75) is 18.9 Å². The summed E-state index contributed by atoms with van der Waals surface area (Å²) in [7, 11) is 5.00. The van der Waals surface area contributed by atoms with Crippen LogP contribution in [0.25, 0.3) is 0 Å². The standard InChI is InChI=1S/C17H26N2O3/c1-20-14-10-13(11-15(21-2)17(14)22-3)16(12-4-5-12)19-8-6-18-7-9-19/h10-12,16,18H,4-9H2,1-3H3/t16-/m1/s1. The first-order chi connectivity index (χ1) is 10.8. The summed E-state index contributed by atoms with van der Waals surface area (Å²) < 4.78 is 16.5. The lowest BCUT2D eigenvalue weighted by Gasteiger charge is -2.35. The Bertz CT molecular complexity index is 486. The molecule has 1 aromatic carbocycles. The Balaban J connectivity index is 1.96. The number of benzene rings is 1. The van der Waals surface area contributed by atoms with Gasteiger partial charge in [-0.3, -0.25) is 4.90 Å². The van der Waals surface area contributed by atoms with E-state index in [1.165, 1.54) is 18.4 Å². The predicted molar refractivity (Wildman–Crippen MR) is 86.0 cm³/mol. The Kier molecular flexibility index (Phi) is 4.74. The molecule has 1 saturated heterocycles. The molecule has 1 aliphatic carbocycles. The highest BCUT2D eigenvalue weighted by Crippen LogP contribution is 2.48. The van der Waals surface area contributed by atoms with Crippen LogP contribution in [-0.4, -0.2) is 52.4 Å². The van der Waals surface area contributed by atoms with Gasteiger partial charge in [0.1, 0.15) is 0 Å². The summed E-state index contributed by atoms with van der Waals surface area (Å²) in [6.45, 7) is 4.32. The van der Waals surface area contributed by atoms with Crippen molar-refractivity contribution in [3.05, 3.63) is 17.7 Å². The van der Waals surface area contributed by atoms with Gasteiger partial charge in [0.15, 0.2) is 11.5 Å². The fraction of sp³-hybridized carbons (Fsp3) is 0.647. The molecule has 0 spiro atoms. The molecule has 0 bridgehead atoms. The fourth-order valence-electron chi connectivity index (χ4n) is 3.43. The first kappa shape index (κ1) is 15.4. The van der Waals surface area contributed by atoms with Crippen molar-refractivity contribution >= 4 is 0 Å². The van der Waals surface area contributed by atoms with Crippen molar-refractivity contribution in [2.24, 2.45) is 5.92 Å². The number of nitrogens with one attached hydrogen (secondary N) is 1. The van der Waals surface area contributed by atoms with Crippen LogP contribution in [0.1, 0.15) is 24.4 Å². The number of methoxy groups -OCH3 is 3. The molecule has 1 aromatic rings. The van der Waals surface area contributed by atoms with Gasteiger partial charge in [0.05, 0.1) is 21.3 Å². The minimum atomic E-state index is 0.454. The van der Waals surface area contributed by atoms with Crippen molar-refractivity contribution in [1.29, 1.82) is 0 Å². The van der Waals surface area contributed by atoms with Crippen LogP contribution in [0.5, 0.6) is 17.2 Å². The van der Waals surface area contributed by atoms with E-state index in [0.29, 0.717) is 11.8 Å². The Hall–Kier alpha value is -1.46. The number of hydrogen-bond donors (Lipinski definition) is 1. The van der Waals surface area contributed by atoms with Gasteiger partial charge in [0, 0.05) is 32.2 Å². The number of nitrogens with zero attached hydrogens (tertiary/aromatic N) is 1. The zero-order chi connectivity index (χ0) is 15.5. The molecular formula is C17H26N2O3. The maximum Gasteiger partial charge on any atom is 0.203 e. The van der Waals surface area contributed by atoms with Crippen LogP contribution in [-0.2, 0) is 0 Å². The maximum absolute atomic E-state index is 5.52. The van der Waals surface area contributed by atoms with E-state index in [0.717, 1.165) is 43.6 Å². The van der Waals surface area contributed by atoms with Crippen LogP contribution in [0.4, 0.5) is 0 Å². The Labute approximate surface area is 132 Å². The molecule has 0 radical (unpaired) electrons. The lowest BCUT2D eigenvalue weighted by Crippen LogP contribution is -2.45. The molecule has 3 rings (SSSR count). The Morgan fingerprint density at radius 3 is 2.05 bits per heavy atom. The Morgan fingerprint density at radius 1 is 1.00 bits per heavy atom. The summed E-state index contributed by atoms with van der Waals surface area (Å²) in [6.07, 6.45) is 2.62. The largest absolute Gasteiger partial charge is 0.493 e. The third kappa shape index (κ3) is 3.01. The van der Waals surface area contributed by atoms with E-state index in [2.05, 4.69) is 22.3 Å². The molecule has 122 valence electrons. The minimum absolute atomic E-state index is 0.454. The summed E-state index contributed by atoms with van der Waals surface area (Å²) in [5.74, 6) is 2.92. The fourth-order valence-corrected chi connectivity index (χ4v) is 3.43. The van der Waals surface area contributed by atoms with Crippen molar-refractivity contribution in [3.8, 4) is 17.2 Å². The summed E-state index contributed by atoms with van der Waals surface area (Å²) >= 11 is 0. The highest BCUT2D eigenvalue weighted by Gasteiger charge is 2.37. The van der Waals surface area contributed by atoms with Gasteiger partial charge in [-0.25, -0.2) is 0 Å². The number of piperazine rings is 1. The lowest BCUT2D eigenvalue weighted by atomic mass is 9.98. The second-order valence-electron chi connectivity index (χ2n) is 6.03. The highest BCUT2D eigenvalue weighted by molar-refractivity contribution is 5.54. The van der Waals surface area contributed by atoms with Gasteiger partial charge in [-0.1, -0.05) is 0 Å². The lowest BCUT2D eigenvalue weighted by molar-refractivity contribution is 0.155. The average molecular weight is 306 g/mol. The van der Waals surface area contributed by atoms with E-state index >= 15 is 0 Å². The molecule has 5 heteroatoms. The molecule has 2 aliphatic rings.